The molecule has 0 aromatic heterocycles. The number of carbonyl (C=O) groups is 1. The molecule has 0 amide bonds. The van der Waals surface area contributed by atoms with Crippen molar-refractivity contribution in [3.05, 3.63) is 58.7 Å². The van der Waals surface area contributed by atoms with E-state index in [2.05, 4.69) is 64.9 Å². The molecule has 9 nitrogen and oxygen atoms in total. The lowest BCUT2D eigenvalue weighted by molar-refractivity contribution is -0.313. The minimum absolute atomic E-state index is 0.0208. The van der Waals surface area contributed by atoms with Gasteiger partial charge in [-0.25, -0.2) is 0 Å². The maximum absolute atomic E-state index is 14.6. The van der Waals surface area contributed by atoms with Crippen LogP contribution in [-0.4, -0.2) is 84.6 Å². The van der Waals surface area contributed by atoms with Crippen molar-refractivity contribution in [2.24, 2.45) is 28.8 Å². The van der Waals surface area contributed by atoms with Crippen LogP contribution in [0.15, 0.2) is 63.9 Å². The van der Waals surface area contributed by atoms with Crippen molar-refractivity contribution in [1.29, 1.82) is 0 Å². The van der Waals surface area contributed by atoms with Crippen LogP contribution >= 0.6 is 11.8 Å². The van der Waals surface area contributed by atoms with Crippen LogP contribution in [0.4, 0.5) is 0 Å². The number of ether oxygens (including phenoxy) is 5. The van der Waals surface area contributed by atoms with E-state index in [0.29, 0.717) is 43.1 Å². The van der Waals surface area contributed by atoms with Crippen molar-refractivity contribution in [2.75, 3.05) is 25.9 Å². The van der Waals surface area contributed by atoms with Crippen LogP contribution in [0.5, 0.6) is 0 Å². The van der Waals surface area contributed by atoms with Crippen LogP contribution in [0.3, 0.4) is 0 Å². The van der Waals surface area contributed by atoms with Crippen LogP contribution < -0.4 is 0 Å². The summed E-state index contributed by atoms with van der Waals surface area (Å²) < 4.78 is 33.3. The van der Waals surface area contributed by atoms with Gasteiger partial charge in [0.15, 0.2) is 5.79 Å². The molecular formula is C39H57NO8S. The average Bonchev–Trinajstić information content (AvgIpc) is 3.40. The Morgan fingerprint density at radius 3 is 2.71 bits per heavy atom. The summed E-state index contributed by atoms with van der Waals surface area (Å²) >= 11 is 1.52. The number of rotatable bonds is 6. The quantitative estimate of drug-likeness (QED) is 0.135. The Balaban J connectivity index is 1.58. The van der Waals surface area contributed by atoms with Gasteiger partial charge >= 0.3 is 5.97 Å². The molecule has 49 heavy (non-hydrogen) atoms. The average molecular weight is 700 g/mol. The lowest BCUT2D eigenvalue weighted by Gasteiger charge is -2.50. The molecule has 0 aromatic carbocycles. The topological polar surface area (TPSA) is 105 Å². The van der Waals surface area contributed by atoms with Crippen LogP contribution in [0.2, 0.25) is 0 Å². The van der Waals surface area contributed by atoms with Crippen LogP contribution in [0.1, 0.15) is 80.6 Å². The molecule has 0 saturated carbocycles. The first-order valence-corrected chi connectivity index (χ1v) is 19.2. The predicted molar refractivity (Wildman–Crippen MR) is 193 cm³/mol. The highest BCUT2D eigenvalue weighted by atomic mass is 32.2. The predicted octanol–water partition coefficient (Wildman–Crippen LogP) is 7.07. The number of aliphatic hydroxyl groups is 1. The molecule has 1 spiro atoms. The number of fused-ring (bicyclic) bond motifs is 2. The molecule has 272 valence electrons. The van der Waals surface area contributed by atoms with Gasteiger partial charge in [0.25, 0.3) is 0 Å². The lowest BCUT2D eigenvalue weighted by Crippen LogP contribution is -2.60. The zero-order valence-electron chi connectivity index (χ0n) is 30.8. The maximum Gasteiger partial charge on any atom is 0.316 e. The highest BCUT2D eigenvalue weighted by molar-refractivity contribution is 7.98. The number of esters is 1. The fourth-order valence-corrected chi connectivity index (χ4v) is 8.65. The molecule has 2 bridgehead atoms. The Morgan fingerprint density at radius 2 is 2.00 bits per heavy atom. The minimum Gasteiger partial charge on any atom is -0.462 e. The monoisotopic (exact) mass is 699 g/mol. The van der Waals surface area contributed by atoms with Gasteiger partial charge in [0.1, 0.15) is 36.9 Å². The third kappa shape index (κ3) is 8.15. The summed E-state index contributed by atoms with van der Waals surface area (Å²) in [6, 6.07) is 0. The van der Waals surface area contributed by atoms with Crippen LogP contribution in [0.25, 0.3) is 0 Å². The molecule has 5 aliphatic rings. The largest absolute Gasteiger partial charge is 0.462 e. The molecule has 3 fully saturated rings. The lowest BCUT2D eigenvalue weighted by atomic mass is 9.70. The van der Waals surface area contributed by atoms with Gasteiger partial charge in [-0.3, -0.25) is 4.79 Å². The first-order chi connectivity index (χ1) is 23.3. The minimum atomic E-state index is -1.21. The number of carbonyl (C=O) groups excluding carboxylic acids is 1. The maximum atomic E-state index is 14.6. The Morgan fingerprint density at radius 1 is 1.22 bits per heavy atom. The summed E-state index contributed by atoms with van der Waals surface area (Å²) in [5, 5.41) is 15.8. The summed E-state index contributed by atoms with van der Waals surface area (Å²) in [7, 11) is 1.57. The van der Waals surface area contributed by atoms with Crippen LogP contribution in [-0.2, 0) is 33.3 Å². The second kappa shape index (κ2) is 16.0. The zero-order chi connectivity index (χ0) is 35.5. The molecule has 1 N–H and O–H groups in total. The van der Waals surface area contributed by atoms with Gasteiger partial charge in [-0.15, -0.1) is 11.8 Å². The van der Waals surface area contributed by atoms with Gasteiger partial charge in [0.05, 0.1) is 30.5 Å². The van der Waals surface area contributed by atoms with E-state index in [1.165, 1.54) is 17.3 Å². The highest BCUT2D eigenvalue weighted by Gasteiger charge is 2.62. The van der Waals surface area contributed by atoms with Crippen molar-refractivity contribution in [3.8, 4) is 0 Å². The molecule has 4 heterocycles. The van der Waals surface area contributed by atoms with E-state index in [-0.39, 0.29) is 30.7 Å². The molecule has 10 atom stereocenters. The van der Waals surface area contributed by atoms with Gasteiger partial charge in [-0.1, -0.05) is 74.9 Å². The molecule has 1 aliphatic carbocycles. The Kier molecular flexibility index (Phi) is 12.4. The van der Waals surface area contributed by atoms with E-state index in [1.54, 1.807) is 7.11 Å². The highest BCUT2D eigenvalue weighted by Crippen LogP contribution is 2.49. The molecule has 0 unspecified atom stereocenters. The van der Waals surface area contributed by atoms with Crippen molar-refractivity contribution in [2.45, 2.75) is 122 Å². The number of aliphatic hydroxyl groups excluding tert-OH is 1. The number of nitrogens with zero attached hydrogens (tertiary/aromatic N) is 1. The fourth-order valence-electron chi connectivity index (χ4n) is 8.33. The van der Waals surface area contributed by atoms with Gasteiger partial charge in [0.2, 0.25) is 0 Å². The van der Waals surface area contributed by atoms with E-state index in [1.807, 2.05) is 31.4 Å². The van der Waals surface area contributed by atoms with Gasteiger partial charge in [-0.05, 0) is 68.4 Å². The second-order valence-electron chi connectivity index (χ2n) is 15.0. The summed E-state index contributed by atoms with van der Waals surface area (Å²) in [5.74, 6) is -1.37. The van der Waals surface area contributed by atoms with Gasteiger partial charge < -0.3 is 33.6 Å². The first-order valence-electron chi connectivity index (χ1n) is 17.8. The van der Waals surface area contributed by atoms with Crippen molar-refractivity contribution in [3.63, 3.8) is 0 Å². The van der Waals surface area contributed by atoms with Gasteiger partial charge in [0, 0.05) is 25.2 Å². The smallest absolute Gasteiger partial charge is 0.316 e. The third-order valence-electron chi connectivity index (χ3n) is 10.5. The van der Waals surface area contributed by atoms with Crippen LogP contribution in [0, 0.1) is 23.7 Å². The number of hydrogen-bond donors (Lipinski definition) is 1. The summed E-state index contributed by atoms with van der Waals surface area (Å²) in [6.07, 6.45) is 14.6. The first kappa shape index (κ1) is 38.0. The molecule has 0 aromatic rings. The second-order valence-corrected chi connectivity index (χ2v) is 15.8. The molecule has 3 saturated heterocycles. The van der Waals surface area contributed by atoms with E-state index in [4.69, 9.17) is 28.5 Å². The zero-order valence-corrected chi connectivity index (χ0v) is 31.6. The number of thioether (sulfide) groups is 1. The van der Waals surface area contributed by atoms with Crippen molar-refractivity contribution in [1.82, 2.24) is 0 Å². The molecule has 4 aliphatic heterocycles. The molecule has 0 radical (unpaired) electrons. The summed E-state index contributed by atoms with van der Waals surface area (Å²) in [4.78, 5) is 19.9. The molecule has 5 rings (SSSR count). The number of hydrogen-bond acceptors (Lipinski definition) is 10. The standard InChI is InChI=1S/C39H57NO8S/c1-23(2)15-27(6)35-28(7)33(40-43-8)20-38(48-35)19-31-18-30(47-38)14-13-25(4)16-24(3)11-10-12-29-21-44-36-34(41)26(5)17-32(37(42)46-31)39(29,36)45-22-49-9/h10-13,15,17,23-24,28,30-32,34-36,41H,14,16,18-22H2,1-9H3/b11-10?,25-13?,27-15+,29-12?,40-33+/t24-,28-,30+,31-,32-,34+,35+,36+,38-,39+/m0/s1. The van der Waals surface area contributed by atoms with Gasteiger partial charge in [-0.2, -0.15) is 0 Å². The number of oxime groups is 1. The van der Waals surface area contributed by atoms with E-state index in [0.717, 1.165) is 23.3 Å². The Hall–Kier alpha value is -2.21. The summed E-state index contributed by atoms with van der Waals surface area (Å²) in [5.41, 5.74) is 3.51. The van der Waals surface area contributed by atoms with E-state index >= 15 is 0 Å². The summed E-state index contributed by atoms with van der Waals surface area (Å²) in [6.45, 7) is 15.0. The van der Waals surface area contributed by atoms with E-state index < -0.39 is 41.6 Å². The fraction of sp³-hybridized carbons (Fsp3) is 0.692. The Labute approximate surface area is 297 Å². The van der Waals surface area contributed by atoms with E-state index in [9.17, 15) is 9.90 Å². The Bertz CT molecular complexity index is 1400. The molecular weight excluding hydrogens is 642 g/mol. The van der Waals surface area contributed by atoms with Crippen molar-refractivity contribution >= 4 is 23.4 Å². The third-order valence-corrected chi connectivity index (χ3v) is 10.9. The molecule has 10 heteroatoms. The normalized spacial score (nSPS) is 39.7. The number of allylic oxidation sites excluding steroid dienone is 5. The SMILES string of the molecule is CO/N=C1\C[C@]2(C[C@@H]3C[C@@H](CC=C(C)C[C@@H](C)C=CC=C4CO[C@@H]5[C@H](O)C(C)=C[C@@H](C(=O)O3)[C@]45OCSC)O2)O[C@H](/C(C)=C/C(C)C)[C@H]1C. The van der Waals surface area contributed by atoms with Crippen molar-refractivity contribution < 1.29 is 38.4 Å².